The highest BCUT2D eigenvalue weighted by atomic mass is 32.2. The molecule has 1 amide bonds. The first-order valence-electron chi connectivity index (χ1n) is 8.63. The minimum atomic E-state index is -0.115. The minimum absolute atomic E-state index is 0.0590. The predicted molar refractivity (Wildman–Crippen MR) is 97.7 cm³/mol. The molecule has 140 valence electrons. The molecule has 4 rings (SSSR count). The van der Waals surface area contributed by atoms with Gasteiger partial charge in [0.15, 0.2) is 5.78 Å². The van der Waals surface area contributed by atoms with Gasteiger partial charge in [-0.1, -0.05) is 11.8 Å². The second-order valence-electron chi connectivity index (χ2n) is 6.28. The highest BCUT2D eigenvalue weighted by molar-refractivity contribution is 7.99. The third-order valence-electron chi connectivity index (χ3n) is 4.45. The van der Waals surface area contributed by atoms with Crippen LogP contribution in [-0.2, 0) is 0 Å². The van der Waals surface area contributed by atoms with Crippen molar-refractivity contribution < 1.29 is 18.4 Å². The number of nitrogens with zero attached hydrogens (tertiary/aromatic N) is 3. The van der Waals surface area contributed by atoms with Crippen molar-refractivity contribution >= 4 is 23.5 Å². The Morgan fingerprint density at radius 3 is 2.85 bits per heavy atom. The van der Waals surface area contributed by atoms with Crippen LogP contribution >= 0.6 is 11.8 Å². The van der Waals surface area contributed by atoms with Gasteiger partial charge in [0, 0.05) is 24.8 Å². The molecule has 0 aliphatic carbocycles. The zero-order chi connectivity index (χ0) is 18.8. The summed E-state index contributed by atoms with van der Waals surface area (Å²) >= 11 is 1.16. The minimum Gasteiger partial charge on any atom is -0.469 e. The van der Waals surface area contributed by atoms with Crippen LogP contribution in [0.2, 0.25) is 0 Å². The molecule has 8 nitrogen and oxygen atoms in total. The molecule has 3 aromatic heterocycles. The summed E-state index contributed by atoms with van der Waals surface area (Å²) in [5, 5.41) is 8.23. The van der Waals surface area contributed by atoms with E-state index in [4.69, 9.17) is 8.83 Å². The van der Waals surface area contributed by atoms with Crippen molar-refractivity contribution in [2.24, 2.45) is 0 Å². The molecular formula is C18H18N4O4S. The van der Waals surface area contributed by atoms with Gasteiger partial charge < -0.3 is 18.7 Å². The van der Waals surface area contributed by atoms with Gasteiger partial charge in [-0.15, -0.1) is 10.2 Å². The van der Waals surface area contributed by atoms with Crippen molar-refractivity contribution in [1.82, 2.24) is 20.1 Å². The summed E-state index contributed by atoms with van der Waals surface area (Å²) in [4.78, 5) is 29.4. The molecule has 4 heterocycles. The van der Waals surface area contributed by atoms with Gasteiger partial charge in [0.2, 0.25) is 0 Å². The Kier molecular flexibility index (Phi) is 4.85. The number of carbonyl (C=O) groups is 2. The maximum atomic E-state index is 12.4. The number of H-pyrrole nitrogens is 1. The van der Waals surface area contributed by atoms with E-state index in [1.807, 2.05) is 6.92 Å². The Bertz CT molecular complexity index is 968. The van der Waals surface area contributed by atoms with Crippen molar-refractivity contribution in [2.45, 2.75) is 25.0 Å². The van der Waals surface area contributed by atoms with Crippen LogP contribution in [-0.4, -0.2) is 50.6 Å². The average molecular weight is 386 g/mol. The maximum Gasteiger partial charge on any atom is 0.277 e. The summed E-state index contributed by atoms with van der Waals surface area (Å²) in [7, 11) is 0. The molecule has 1 N–H and O–H groups in total. The zero-order valence-corrected chi connectivity index (χ0v) is 15.5. The summed E-state index contributed by atoms with van der Waals surface area (Å²) in [6.07, 6.45) is 5.18. The topological polar surface area (TPSA) is 105 Å². The van der Waals surface area contributed by atoms with Gasteiger partial charge in [-0.2, -0.15) is 0 Å². The van der Waals surface area contributed by atoms with Crippen molar-refractivity contribution in [3.8, 4) is 11.5 Å². The molecule has 1 aliphatic heterocycles. The predicted octanol–water partition coefficient (Wildman–Crippen LogP) is 3.18. The van der Waals surface area contributed by atoms with Crippen LogP contribution in [0.15, 0.2) is 38.6 Å². The summed E-state index contributed by atoms with van der Waals surface area (Å²) in [6, 6.07) is 3.36. The highest BCUT2D eigenvalue weighted by Crippen LogP contribution is 2.26. The molecule has 0 atom stereocenters. The Morgan fingerprint density at radius 1 is 1.30 bits per heavy atom. The van der Waals surface area contributed by atoms with Crippen LogP contribution in [0.3, 0.4) is 0 Å². The molecule has 0 spiro atoms. The van der Waals surface area contributed by atoms with E-state index in [2.05, 4.69) is 15.2 Å². The van der Waals surface area contributed by atoms with Gasteiger partial charge in [-0.05, 0) is 31.9 Å². The van der Waals surface area contributed by atoms with Crippen molar-refractivity contribution in [3.05, 3.63) is 41.6 Å². The molecule has 0 saturated carbocycles. The van der Waals surface area contributed by atoms with Gasteiger partial charge in [0.1, 0.15) is 11.5 Å². The SMILES string of the molecule is Cc1occc1-c1nnc(SCC(=O)c2c[nH]c(C(=O)N3CCCC3)c2)o1. The Morgan fingerprint density at radius 2 is 2.11 bits per heavy atom. The number of Topliss-reactive ketones (excluding diaryl/α,β-unsaturated/α-hetero) is 1. The number of aromatic amines is 1. The molecular weight excluding hydrogens is 368 g/mol. The number of furan rings is 1. The standard InChI is InChI=1S/C18H18N4O4S/c1-11-13(4-7-25-11)16-20-21-18(26-16)27-10-15(23)12-8-14(19-9-12)17(24)22-5-2-3-6-22/h4,7-9,19H,2-3,5-6,10H2,1H3. The molecule has 27 heavy (non-hydrogen) atoms. The smallest absolute Gasteiger partial charge is 0.277 e. The van der Waals surface area contributed by atoms with Crippen LogP contribution in [0.4, 0.5) is 0 Å². The molecule has 1 aliphatic rings. The van der Waals surface area contributed by atoms with Crippen LogP contribution in [0.25, 0.3) is 11.5 Å². The van der Waals surface area contributed by atoms with Gasteiger partial charge >= 0.3 is 0 Å². The Labute approximate surface area is 159 Å². The normalized spacial score (nSPS) is 14.0. The fourth-order valence-electron chi connectivity index (χ4n) is 2.96. The van der Waals surface area contributed by atoms with Gasteiger partial charge in [0.25, 0.3) is 17.0 Å². The summed E-state index contributed by atoms with van der Waals surface area (Å²) in [6.45, 7) is 3.35. The summed E-state index contributed by atoms with van der Waals surface area (Å²) in [5.74, 6) is 1.01. The van der Waals surface area contributed by atoms with Crippen molar-refractivity contribution in [1.29, 1.82) is 0 Å². The Balaban J connectivity index is 1.37. The number of rotatable bonds is 6. The van der Waals surface area contributed by atoms with Crippen molar-refractivity contribution in [2.75, 3.05) is 18.8 Å². The van der Waals surface area contributed by atoms with Gasteiger partial charge in [-0.25, -0.2) is 0 Å². The number of aromatic nitrogens is 3. The third-order valence-corrected chi connectivity index (χ3v) is 5.27. The van der Waals surface area contributed by atoms with E-state index in [1.165, 1.54) is 0 Å². The number of hydrogen-bond donors (Lipinski definition) is 1. The largest absolute Gasteiger partial charge is 0.469 e. The molecule has 0 aromatic carbocycles. The van der Waals surface area contributed by atoms with Crippen LogP contribution in [0.1, 0.15) is 39.4 Å². The maximum absolute atomic E-state index is 12.4. The lowest BCUT2D eigenvalue weighted by molar-refractivity contribution is 0.0787. The average Bonchev–Trinajstić information content (AvgIpc) is 3.46. The number of carbonyl (C=O) groups excluding carboxylic acids is 2. The number of nitrogens with one attached hydrogen (secondary N) is 1. The lowest BCUT2D eigenvalue weighted by atomic mass is 10.2. The molecule has 0 bridgehead atoms. The second kappa shape index (κ2) is 7.43. The van der Waals surface area contributed by atoms with Crippen LogP contribution in [0.5, 0.6) is 0 Å². The first-order valence-corrected chi connectivity index (χ1v) is 9.62. The summed E-state index contributed by atoms with van der Waals surface area (Å²) in [5.41, 5.74) is 1.65. The quantitative estimate of drug-likeness (QED) is 0.512. The van der Waals surface area contributed by atoms with E-state index in [0.29, 0.717) is 28.1 Å². The zero-order valence-electron chi connectivity index (χ0n) is 14.7. The fraction of sp³-hybridized carbons (Fsp3) is 0.333. The van der Waals surface area contributed by atoms with Gasteiger partial charge in [0.05, 0.1) is 17.6 Å². The number of thioether (sulfide) groups is 1. The van der Waals surface area contributed by atoms with E-state index < -0.39 is 0 Å². The lowest BCUT2D eigenvalue weighted by Gasteiger charge is -2.13. The summed E-state index contributed by atoms with van der Waals surface area (Å²) < 4.78 is 10.8. The number of ketones is 1. The molecule has 3 aromatic rings. The van der Waals surface area contributed by atoms with E-state index in [1.54, 1.807) is 29.5 Å². The van der Waals surface area contributed by atoms with Crippen molar-refractivity contribution in [3.63, 3.8) is 0 Å². The van der Waals surface area contributed by atoms with E-state index in [0.717, 1.165) is 43.3 Å². The number of aryl methyl sites for hydroxylation is 1. The first kappa shape index (κ1) is 17.6. The molecule has 1 fully saturated rings. The molecule has 0 unspecified atom stereocenters. The monoisotopic (exact) mass is 386 g/mol. The lowest BCUT2D eigenvalue weighted by Crippen LogP contribution is -2.27. The Hall–Kier alpha value is -2.81. The van der Waals surface area contributed by atoms with E-state index in [9.17, 15) is 9.59 Å². The highest BCUT2D eigenvalue weighted by Gasteiger charge is 2.22. The molecule has 9 heteroatoms. The molecule has 1 saturated heterocycles. The molecule has 0 radical (unpaired) electrons. The number of likely N-dealkylation sites (tertiary alicyclic amines) is 1. The number of hydrogen-bond acceptors (Lipinski definition) is 7. The van der Waals surface area contributed by atoms with E-state index >= 15 is 0 Å². The number of amides is 1. The van der Waals surface area contributed by atoms with Crippen LogP contribution < -0.4 is 0 Å². The third kappa shape index (κ3) is 3.68. The fourth-order valence-corrected chi connectivity index (χ4v) is 3.62. The first-order chi connectivity index (χ1) is 13.1. The van der Waals surface area contributed by atoms with Gasteiger partial charge in [-0.3, -0.25) is 9.59 Å². The van der Waals surface area contributed by atoms with E-state index in [-0.39, 0.29) is 17.4 Å². The van der Waals surface area contributed by atoms with Crippen LogP contribution in [0, 0.1) is 6.92 Å². The second-order valence-corrected chi connectivity index (χ2v) is 7.20.